The molecule has 0 amide bonds. The molecule has 0 bridgehead atoms. The van der Waals surface area contributed by atoms with Crippen LogP contribution in [0.4, 0.5) is 17.1 Å². The quantitative estimate of drug-likeness (QED) is 0.230. The fourth-order valence-corrected chi connectivity index (χ4v) is 6.43. The molecule has 3 heteroatoms. The Balaban J connectivity index is 1.37. The molecular formula is C38H23NO2. The van der Waals surface area contributed by atoms with Gasteiger partial charge in [-0.2, -0.15) is 0 Å². The molecule has 0 saturated heterocycles. The zero-order valence-electron chi connectivity index (χ0n) is 22.0. The van der Waals surface area contributed by atoms with Gasteiger partial charge in [-0.05, 0) is 52.6 Å². The van der Waals surface area contributed by atoms with E-state index in [2.05, 4.69) is 132 Å². The van der Waals surface area contributed by atoms with E-state index in [4.69, 9.17) is 8.83 Å². The lowest BCUT2D eigenvalue weighted by atomic mass is 9.98. The Morgan fingerprint density at radius 3 is 1.90 bits per heavy atom. The van der Waals surface area contributed by atoms with Crippen molar-refractivity contribution in [3.63, 3.8) is 0 Å². The third-order valence-corrected chi connectivity index (χ3v) is 8.22. The second-order valence-corrected chi connectivity index (χ2v) is 10.5. The van der Waals surface area contributed by atoms with E-state index in [1.807, 2.05) is 12.1 Å². The molecule has 0 aliphatic carbocycles. The summed E-state index contributed by atoms with van der Waals surface area (Å²) in [4.78, 5) is 2.31. The monoisotopic (exact) mass is 525 g/mol. The molecular weight excluding hydrogens is 502 g/mol. The molecule has 0 N–H and O–H groups in total. The third kappa shape index (κ3) is 3.26. The van der Waals surface area contributed by atoms with E-state index >= 15 is 0 Å². The first kappa shape index (κ1) is 22.3. The van der Waals surface area contributed by atoms with Gasteiger partial charge in [0.25, 0.3) is 0 Å². The maximum atomic E-state index is 6.60. The fraction of sp³-hybridized carbons (Fsp3) is 0. The summed E-state index contributed by atoms with van der Waals surface area (Å²) in [5, 5.41) is 9.29. The average molecular weight is 526 g/mol. The van der Waals surface area contributed by atoms with Crippen LogP contribution in [-0.4, -0.2) is 0 Å². The van der Waals surface area contributed by atoms with Crippen molar-refractivity contribution in [1.29, 1.82) is 0 Å². The van der Waals surface area contributed by atoms with E-state index in [9.17, 15) is 0 Å². The highest BCUT2D eigenvalue weighted by molar-refractivity contribution is 6.28. The Labute approximate surface area is 235 Å². The minimum absolute atomic E-state index is 0.866. The number of fused-ring (bicyclic) bond motifs is 10. The summed E-state index contributed by atoms with van der Waals surface area (Å²) < 4.78 is 12.9. The zero-order chi connectivity index (χ0) is 26.9. The lowest BCUT2D eigenvalue weighted by Gasteiger charge is -2.27. The van der Waals surface area contributed by atoms with Crippen molar-refractivity contribution >= 4 is 82.5 Å². The second kappa shape index (κ2) is 8.48. The molecule has 192 valence electrons. The Morgan fingerprint density at radius 2 is 1.02 bits per heavy atom. The highest BCUT2D eigenvalue weighted by Gasteiger charge is 2.21. The molecule has 7 aromatic carbocycles. The Kier molecular flexibility index (Phi) is 4.61. The van der Waals surface area contributed by atoms with Crippen LogP contribution in [0.5, 0.6) is 0 Å². The maximum Gasteiger partial charge on any atom is 0.138 e. The molecule has 0 radical (unpaired) electrons. The number of rotatable bonds is 3. The molecule has 0 fully saturated rings. The lowest BCUT2D eigenvalue weighted by molar-refractivity contribution is 0.669. The van der Waals surface area contributed by atoms with Gasteiger partial charge in [0.1, 0.15) is 22.3 Å². The maximum absolute atomic E-state index is 6.60. The molecule has 2 aromatic heterocycles. The van der Waals surface area contributed by atoms with Gasteiger partial charge in [-0.15, -0.1) is 0 Å². The van der Waals surface area contributed by atoms with Crippen molar-refractivity contribution < 1.29 is 8.83 Å². The third-order valence-electron chi connectivity index (χ3n) is 8.22. The zero-order valence-corrected chi connectivity index (χ0v) is 22.0. The predicted molar refractivity (Wildman–Crippen MR) is 171 cm³/mol. The molecule has 2 heterocycles. The van der Waals surface area contributed by atoms with Gasteiger partial charge in [-0.25, -0.2) is 0 Å². The van der Waals surface area contributed by atoms with Crippen LogP contribution < -0.4 is 4.90 Å². The molecule has 9 rings (SSSR count). The van der Waals surface area contributed by atoms with Crippen molar-refractivity contribution in [2.75, 3.05) is 4.90 Å². The summed E-state index contributed by atoms with van der Waals surface area (Å²) in [6, 6.07) is 48.8. The Morgan fingerprint density at radius 1 is 0.366 bits per heavy atom. The van der Waals surface area contributed by atoms with Gasteiger partial charge in [0, 0.05) is 50.4 Å². The van der Waals surface area contributed by atoms with Crippen LogP contribution in [0.3, 0.4) is 0 Å². The summed E-state index contributed by atoms with van der Waals surface area (Å²) >= 11 is 0. The van der Waals surface area contributed by atoms with Crippen molar-refractivity contribution in [2.45, 2.75) is 0 Å². The number of hydrogen-bond donors (Lipinski definition) is 0. The molecule has 0 aliphatic rings. The van der Waals surface area contributed by atoms with Gasteiger partial charge in [0.05, 0.1) is 5.69 Å². The van der Waals surface area contributed by atoms with Crippen LogP contribution in [0, 0.1) is 0 Å². The Bertz CT molecular complexity index is 2430. The van der Waals surface area contributed by atoms with Crippen molar-refractivity contribution in [1.82, 2.24) is 0 Å². The highest BCUT2D eigenvalue weighted by Crippen LogP contribution is 2.46. The molecule has 0 unspecified atom stereocenters. The summed E-state index contributed by atoms with van der Waals surface area (Å²) in [7, 11) is 0. The van der Waals surface area contributed by atoms with E-state index in [0.717, 1.165) is 66.3 Å². The summed E-state index contributed by atoms with van der Waals surface area (Å²) in [5.41, 5.74) is 6.67. The molecule has 9 aromatic rings. The fourth-order valence-electron chi connectivity index (χ4n) is 6.43. The van der Waals surface area contributed by atoms with Gasteiger partial charge < -0.3 is 13.7 Å². The van der Waals surface area contributed by atoms with Gasteiger partial charge in [-0.3, -0.25) is 0 Å². The van der Waals surface area contributed by atoms with Crippen LogP contribution in [0.2, 0.25) is 0 Å². The molecule has 0 spiro atoms. The first-order valence-corrected chi connectivity index (χ1v) is 13.9. The number of para-hydroxylation sites is 2. The molecule has 3 nitrogen and oxygen atoms in total. The van der Waals surface area contributed by atoms with Gasteiger partial charge in [0.15, 0.2) is 0 Å². The van der Waals surface area contributed by atoms with Crippen LogP contribution in [0.1, 0.15) is 0 Å². The second-order valence-electron chi connectivity index (χ2n) is 10.5. The summed E-state index contributed by atoms with van der Waals surface area (Å²) in [5.74, 6) is 0. The predicted octanol–water partition coefficient (Wildman–Crippen LogP) is 11.3. The van der Waals surface area contributed by atoms with Gasteiger partial charge in [-0.1, -0.05) is 91.0 Å². The molecule has 41 heavy (non-hydrogen) atoms. The normalized spacial score (nSPS) is 11.9. The van der Waals surface area contributed by atoms with E-state index in [1.54, 1.807) is 0 Å². The standard InChI is InChI=1S/C38H23NO2/c1-2-11-25(12-3-1)39(26-19-20-30-29-15-8-9-17-33(29)40-35(30)22-26)32-23-36-38(31-16-7-6-14-28(31)32)37-27-13-5-4-10-24(27)18-21-34(37)41-36/h1-23H. The number of hydrogen-bond acceptors (Lipinski definition) is 3. The van der Waals surface area contributed by atoms with Crippen LogP contribution in [0.25, 0.3) is 65.4 Å². The van der Waals surface area contributed by atoms with Crippen LogP contribution in [-0.2, 0) is 0 Å². The van der Waals surface area contributed by atoms with E-state index in [1.165, 1.54) is 16.2 Å². The molecule has 0 saturated carbocycles. The van der Waals surface area contributed by atoms with Crippen molar-refractivity contribution in [2.24, 2.45) is 0 Å². The van der Waals surface area contributed by atoms with Gasteiger partial charge in [0.2, 0.25) is 0 Å². The van der Waals surface area contributed by atoms with Crippen LogP contribution >= 0.6 is 0 Å². The minimum atomic E-state index is 0.866. The largest absolute Gasteiger partial charge is 0.456 e. The topological polar surface area (TPSA) is 29.5 Å². The van der Waals surface area contributed by atoms with Crippen molar-refractivity contribution in [3.05, 3.63) is 140 Å². The van der Waals surface area contributed by atoms with E-state index in [-0.39, 0.29) is 0 Å². The van der Waals surface area contributed by atoms with Gasteiger partial charge >= 0.3 is 0 Å². The van der Waals surface area contributed by atoms with E-state index < -0.39 is 0 Å². The number of nitrogens with zero attached hydrogens (tertiary/aromatic N) is 1. The lowest BCUT2D eigenvalue weighted by Crippen LogP contribution is -2.10. The molecule has 0 atom stereocenters. The summed E-state index contributed by atoms with van der Waals surface area (Å²) in [6.45, 7) is 0. The summed E-state index contributed by atoms with van der Waals surface area (Å²) in [6.07, 6.45) is 0. The minimum Gasteiger partial charge on any atom is -0.456 e. The highest BCUT2D eigenvalue weighted by atomic mass is 16.3. The number of furan rings is 2. The number of benzene rings is 7. The average Bonchev–Trinajstić information content (AvgIpc) is 3.60. The van der Waals surface area contributed by atoms with Crippen LogP contribution in [0.15, 0.2) is 148 Å². The first-order valence-electron chi connectivity index (χ1n) is 13.9. The van der Waals surface area contributed by atoms with E-state index in [0.29, 0.717) is 0 Å². The Hall–Kier alpha value is -5.54. The SMILES string of the molecule is c1ccc(N(c2ccc3c(c2)oc2ccccc23)c2cc3oc4ccc5ccccc5c4c3c3ccccc23)cc1. The van der Waals surface area contributed by atoms with Crippen molar-refractivity contribution in [3.8, 4) is 0 Å². The molecule has 0 aliphatic heterocycles. The number of anilines is 3. The first-order chi connectivity index (χ1) is 20.3. The smallest absolute Gasteiger partial charge is 0.138 e.